The lowest BCUT2D eigenvalue weighted by molar-refractivity contribution is 0.522. The van der Waals surface area contributed by atoms with Crippen molar-refractivity contribution < 1.29 is 8.42 Å². The van der Waals surface area contributed by atoms with Crippen LogP contribution in [0.4, 0.5) is 0 Å². The van der Waals surface area contributed by atoms with Crippen molar-refractivity contribution in [1.82, 2.24) is 14.3 Å². The van der Waals surface area contributed by atoms with E-state index in [9.17, 15) is 8.42 Å². The van der Waals surface area contributed by atoms with Crippen molar-refractivity contribution >= 4 is 10.0 Å². The van der Waals surface area contributed by atoms with Crippen molar-refractivity contribution in [2.75, 3.05) is 6.54 Å². The molecule has 7 heteroatoms. The van der Waals surface area contributed by atoms with Crippen LogP contribution in [0, 0.1) is 0 Å². The SMILES string of the molecule is C[C@@H](CN)NS(=O)(=O)c1cn2c(n1)CCCC2. The first-order valence-electron chi connectivity index (χ1n) is 5.81. The van der Waals surface area contributed by atoms with Gasteiger partial charge in [0.25, 0.3) is 10.0 Å². The van der Waals surface area contributed by atoms with Crippen LogP contribution in [0.25, 0.3) is 0 Å². The molecular weight excluding hydrogens is 240 g/mol. The standard InChI is InChI=1S/C10H18N4O2S/c1-8(6-11)13-17(15,16)10-7-14-5-3-2-4-9(14)12-10/h7-8,13H,2-6,11H2,1H3/t8-/m0/s1. The number of hydrogen-bond donors (Lipinski definition) is 2. The largest absolute Gasteiger partial charge is 0.333 e. The Morgan fingerprint density at radius 2 is 2.35 bits per heavy atom. The van der Waals surface area contributed by atoms with E-state index in [1.807, 2.05) is 4.57 Å². The summed E-state index contributed by atoms with van der Waals surface area (Å²) in [5.74, 6) is 0.858. The molecule has 0 aromatic carbocycles. The predicted molar refractivity (Wildman–Crippen MR) is 64.0 cm³/mol. The van der Waals surface area contributed by atoms with Gasteiger partial charge in [-0.3, -0.25) is 0 Å². The number of aryl methyl sites for hydroxylation is 2. The number of nitrogens with one attached hydrogen (secondary N) is 1. The van der Waals surface area contributed by atoms with Gasteiger partial charge in [-0.25, -0.2) is 18.1 Å². The smallest absolute Gasteiger partial charge is 0.259 e. The molecule has 96 valence electrons. The molecule has 0 aliphatic carbocycles. The molecule has 0 fully saturated rings. The van der Waals surface area contributed by atoms with Crippen LogP contribution in [0.5, 0.6) is 0 Å². The zero-order chi connectivity index (χ0) is 12.5. The maximum absolute atomic E-state index is 12.0. The van der Waals surface area contributed by atoms with Crippen LogP contribution in [0.1, 0.15) is 25.6 Å². The molecule has 0 saturated carbocycles. The highest BCUT2D eigenvalue weighted by atomic mass is 32.2. The summed E-state index contributed by atoms with van der Waals surface area (Å²) in [5.41, 5.74) is 5.40. The Balaban J connectivity index is 2.24. The van der Waals surface area contributed by atoms with Gasteiger partial charge in [-0.1, -0.05) is 0 Å². The number of hydrogen-bond acceptors (Lipinski definition) is 4. The van der Waals surface area contributed by atoms with Gasteiger partial charge in [0.1, 0.15) is 5.82 Å². The van der Waals surface area contributed by atoms with Crippen LogP contribution < -0.4 is 10.5 Å². The van der Waals surface area contributed by atoms with Gasteiger partial charge >= 0.3 is 0 Å². The van der Waals surface area contributed by atoms with Crippen LogP contribution in [-0.2, 0) is 23.0 Å². The van der Waals surface area contributed by atoms with Crippen LogP contribution in [0.15, 0.2) is 11.2 Å². The van der Waals surface area contributed by atoms with Crippen molar-refractivity contribution in [2.24, 2.45) is 5.73 Å². The molecule has 1 aromatic heterocycles. The van der Waals surface area contributed by atoms with E-state index in [0.29, 0.717) is 0 Å². The molecule has 17 heavy (non-hydrogen) atoms. The average Bonchev–Trinajstić information content (AvgIpc) is 2.72. The van der Waals surface area contributed by atoms with E-state index in [1.165, 1.54) is 0 Å². The number of imidazole rings is 1. The summed E-state index contributed by atoms with van der Waals surface area (Å²) in [6.07, 6.45) is 4.61. The van der Waals surface area contributed by atoms with Crippen LogP contribution in [-0.4, -0.2) is 30.6 Å². The molecule has 0 saturated heterocycles. The lowest BCUT2D eigenvalue weighted by atomic mass is 10.2. The zero-order valence-corrected chi connectivity index (χ0v) is 10.7. The van der Waals surface area contributed by atoms with E-state index in [4.69, 9.17) is 5.73 Å². The number of fused-ring (bicyclic) bond motifs is 1. The van der Waals surface area contributed by atoms with Crippen LogP contribution in [0.2, 0.25) is 0 Å². The van der Waals surface area contributed by atoms with Gasteiger partial charge in [0.05, 0.1) is 0 Å². The Hall–Kier alpha value is -0.920. The predicted octanol–water partition coefficient (Wildman–Crippen LogP) is -0.155. The van der Waals surface area contributed by atoms with Crippen molar-refractivity contribution in [3.8, 4) is 0 Å². The highest BCUT2D eigenvalue weighted by Crippen LogP contribution is 2.17. The van der Waals surface area contributed by atoms with E-state index in [1.54, 1.807) is 13.1 Å². The minimum atomic E-state index is -3.53. The summed E-state index contributed by atoms with van der Waals surface area (Å²) in [6.45, 7) is 2.85. The van der Waals surface area contributed by atoms with Gasteiger partial charge in [0.2, 0.25) is 0 Å². The molecule has 1 aliphatic rings. The van der Waals surface area contributed by atoms with E-state index in [2.05, 4.69) is 9.71 Å². The topological polar surface area (TPSA) is 90.0 Å². The third kappa shape index (κ3) is 2.67. The Labute approximate surface area is 101 Å². The van der Waals surface area contributed by atoms with Gasteiger partial charge < -0.3 is 10.3 Å². The fraction of sp³-hybridized carbons (Fsp3) is 0.700. The summed E-state index contributed by atoms with van der Waals surface area (Å²) >= 11 is 0. The molecule has 2 rings (SSSR count). The van der Waals surface area contributed by atoms with Gasteiger partial charge in [0.15, 0.2) is 5.03 Å². The Morgan fingerprint density at radius 1 is 1.59 bits per heavy atom. The van der Waals surface area contributed by atoms with E-state index >= 15 is 0 Å². The van der Waals surface area contributed by atoms with Crippen molar-refractivity contribution in [3.63, 3.8) is 0 Å². The molecular formula is C10H18N4O2S. The number of sulfonamides is 1. The lowest BCUT2D eigenvalue weighted by Gasteiger charge is -2.11. The van der Waals surface area contributed by atoms with E-state index in [-0.39, 0.29) is 17.6 Å². The minimum absolute atomic E-state index is 0.106. The van der Waals surface area contributed by atoms with Gasteiger partial charge in [-0.2, -0.15) is 0 Å². The van der Waals surface area contributed by atoms with Crippen molar-refractivity contribution in [1.29, 1.82) is 0 Å². The first-order valence-corrected chi connectivity index (χ1v) is 7.29. The second kappa shape index (κ2) is 4.75. The third-order valence-electron chi connectivity index (χ3n) is 2.87. The molecule has 0 unspecified atom stereocenters. The second-order valence-corrected chi connectivity index (χ2v) is 6.06. The van der Waals surface area contributed by atoms with E-state index < -0.39 is 10.0 Å². The van der Waals surface area contributed by atoms with Crippen LogP contribution >= 0.6 is 0 Å². The number of aromatic nitrogens is 2. The molecule has 6 nitrogen and oxygen atoms in total. The van der Waals surface area contributed by atoms with Crippen LogP contribution in [0.3, 0.4) is 0 Å². The third-order valence-corrected chi connectivity index (χ3v) is 4.33. The maximum atomic E-state index is 12.0. The molecule has 2 heterocycles. The quantitative estimate of drug-likeness (QED) is 0.785. The van der Waals surface area contributed by atoms with Gasteiger partial charge in [-0.05, 0) is 19.8 Å². The number of rotatable bonds is 4. The van der Waals surface area contributed by atoms with Crippen molar-refractivity contribution in [3.05, 3.63) is 12.0 Å². The zero-order valence-electron chi connectivity index (χ0n) is 9.89. The highest BCUT2D eigenvalue weighted by Gasteiger charge is 2.22. The lowest BCUT2D eigenvalue weighted by Crippen LogP contribution is -2.37. The Morgan fingerprint density at radius 3 is 3.00 bits per heavy atom. The van der Waals surface area contributed by atoms with Gasteiger partial charge in [-0.15, -0.1) is 0 Å². The minimum Gasteiger partial charge on any atom is -0.333 e. The number of nitrogens with zero attached hydrogens (tertiary/aromatic N) is 2. The number of nitrogens with two attached hydrogens (primary N) is 1. The molecule has 1 aliphatic heterocycles. The van der Waals surface area contributed by atoms with E-state index in [0.717, 1.165) is 31.6 Å². The normalized spacial score (nSPS) is 17.8. The molecule has 1 atom stereocenters. The molecule has 1 aromatic rings. The Bertz CT molecular complexity index is 471. The summed E-state index contributed by atoms with van der Waals surface area (Å²) in [7, 11) is -3.53. The molecule has 3 N–H and O–H groups in total. The monoisotopic (exact) mass is 258 g/mol. The first kappa shape index (κ1) is 12.5. The second-order valence-electron chi connectivity index (χ2n) is 4.40. The summed E-state index contributed by atoms with van der Waals surface area (Å²) in [6, 6.07) is -0.279. The molecule has 0 spiro atoms. The van der Waals surface area contributed by atoms with Gasteiger partial charge in [0, 0.05) is 31.7 Å². The summed E-state index contributed by atoms with van der Waals surface area (Å²) in [5, 5.41) is 0.106. The Kier molecular flexibility index (Phi) is 3.50. The molecule has 0 radical (unpaired) electrons. The summed E-state index contributed by atoms with van der Waals surface area (Å²) in [4.78, 5) is 4.18. The van der Waals surface area contributed by atoms with Crippen molar-refractivity contribution in [2.45, 2.75) is 43.8 Å². The maximum Gasteiger partial charge on any atom is 0.259 e. The summed E-state index contributed by atoms with van der Waals surface area (Å²) < 4.78 is 28.4. The first-order chi connectivity index (χ1) is 8.03. The average molecular weight is 258 g/mol. The fourth-order valence-electron chi connectivity index (χ4n) is 1.89. The highest BCUT2D eigenvalue weighted by molar-refractivity contribution is 7.89. The fourth-order valence-corrected chi connectivity index (χ4v) is 3.13. The molecule has 0 bridgehead atoms. The molecule has 0 amide bonds.